The fraction of sp³-hybridized carbons (Fsp3) is 0.391. The van der Waals surface area contributed by atoms with E-state index in [1.807, 2.05) is 54.3 Å². The van der Waals surface area contributed by atoms with Gasteiger partial charge in [0.05, 0.1) is 12.2 Å². The summed E-state index contributed by atoms with van der Waals surface area (Å²) in [4.78, 5) is 27.4. The minimum Gasteiger partial charge on any atom is -0.494 e. The zero-order chi connectivity index (χ0) is 20.6. The molecule has 0 spiro atoms. The van der Waals surface area contributed by atoms with Gasteiger partial charge in [0.25, 0.3) is 5.91 Å². The number of rotatable bonds is 7. The normalized spacial score (nSPS) is 14.5. The molecule has 1 heterocycles. The van der Waals surface area contributed by atoms with E-state index in [1.54, 1.807) is 6.07 Å². The van der Waals surface area contributed by atoms with Crippen molar-refractivity contribution in [3.63, 3.8) is 0 Å². The van der Waals surface area contributed by atoms with Crippen molar-refractivity contribution in [1.29, 1.82) is 0 Å². The molecular formula is C23H28N2O3S. The quantitative estimate of drug-likeness (QED) is 0.536. The number of hydrogen-bond donors (Lipinski definition) is 2. The lowest BCUT2D eigenvalue weighted by Gasteiger charge is -2.32. The fourth-order valence-electron chi connectivity index (χ4n) is 3.41. The molecule has 1 fully saturated rings. The molecule has 1 aliphatic rings. The van der Waals surface area contributed by atoms with Crippen LogP contribution < -0.4 is 10.1 Å². The Morgan fingerprint density at radius 2 is 1.79 bits per heavy atom. The summed E-state index contributed by atoms with van der Waals surface area (Å²) in [5, 5.41) is 3.09. The number of benzene rings is 2. The summed E-state index contributed by atoms with van der Waals surface area (Å²) in [5.74, 6) is 0.882. The second-order valence-electron chi connectivity index (χ2n) is 7.42. The van der Waals surface area contributed by atoms with E-state index in [0.717, 1.165) is 18.6 Å². The van der Waals surface area contributed by atoms with E-state index in [2.05, 4.69) is 17.9 Å². The Morgan fingerprint density at radius 3 is 2.48 bits per heavy atom. The Labute approximate surface area is 177 Å². The van der Waals surface area contributed by atoms with Gasteiger partial charge in [-0.25, -0.2) is 0 Å². The first-order valence-electron chi connectivity index (χ1n) is 10.1. The highest BCUT2D eigenvalue weighted by Gasteiger charge is 2.25. The molecule has 2 aromatic rings. The van der Waals surface area contributed by atoms with Gasteiger partial charge in [0.15, 0.2) is 0 Å². The number of carbonyl (C=O) groups is 2. The van der Waals surface area contributed by atoms with Crippen molar-refractivity contribution >= 4 is 24.4 Å². The standard InChI is InChI=1S/C23H28N2O3S/c1-17-8-10-19(11-9-17)28-16-4-7-22(26)24-18-12-14-25(15-13-18)23(27)20-5-2-3-6-21(20)29/h2-3,5-6,8-11,18,29H,4,7,12-16H2,1H3,(H,24,26). The van der Waals surface area contributed by atoms with Crippen LogP contribution in [0.2, 0.25) is 0 Å². The molecule has 5 nitrogen and oxygen atoms in total. The van der Waals surface area contributed by atoms with Crippen LogP contribution in [0.1, 0.15) is 41.6 Å². The average molecular weight is 413 g/mol. The molecule has 0 aliphatic carbocycles. The zero-order valence-corrected chi connectivity index (χ0v) is 17.7. The van der Waals surface area contributed by atoms with Gasteiger partial charge in [-0.3, -0.25) is 9.59 Å². The summed E-state index contributed by atoms with van der Waals surface area (Å²) in [6.45, 7) is 3.84. The molecule has 0 aromatic heterocycles. The van der Waals surface area contributed by atoms with Crippen molar-refractivity contribution in [2.45, 2.75) is 43.5 Å². The predicted molar refractivity (Wildman–Crippen MR) is 117 cm³/mol. The number of nitrogens with zero attached hydrogens (tertiary/aromatic N) is 1. The lowest BCUT2D eigenvalue weighted by atomic mass is 10.0. The van der Waals surface area contributed by atoms with Gasteiger partial charge in [0.1, 0.15) is 5.75 Å². The predicted octanol–water partition coefficient (Wildman–Crippen LogP) is 3.86. The molecule has 6 heteroatoms. The maximum atomic E-state index is 12.6. The van der Waals surface area contributed by atoms with E-state index >= 15 is 0 Å². The van der Waals surface area contributed by atoms with Crippen molar-refractivity contribution in [2.24, 2.45) is 0 Å². The van der Waals surface area contributed by atoms with Gasteiger partial charge in [-0.1, -0.05) is 29.8 Å². The molecule has 29 heavy (non-hydrogen) atoms. The lowest BCUT2D eigenvalue weighted by molar-refractivity contribution is -0.122. The highest BCUT2D eigenvalue weighted by molar-refractivity contribution is 7.80. The molecule has 3 rings (SSSR count). The fourth-order valence-corrected chi connectivity index (χ4v) is 3.67. The minimum absolute atomic E-state index is 0.00799. The third kappa shape index (κ3) is 6.26. The maximum Gasteiger partial charge on any atom is 0.254 e. The van der Waals surface area contributed by atoms with E-state index in [1.165, 1.54) is 5.56 Å². The van der Waals surface area contributed by atoms with Gasteiger partial charge >= 0.3 is 0 Å². The molecule has 0 atom stereocenters. The van der Waals surface area contributed by atoms with Gasteiger partial charge in [0.2, 0.25) is 5.91 Å². The Hall–Kier alpha value is -2.47. The van der Waals surface area contributed by atoms with Crippen LogP contribution in [0, 0.1) is 6.92 Å². The SMILES string of the molecule is Cc1ccc(OCCCC(=O)NC2CCN(C(=O)c3ccccc3S)CC2)cc1. The topological polar surface area (TPSA) is 58.6 Å². The van der Waals surface area contributed by atoms with Crippen molar-refractivity contribution in [2.75, 3.05) is 19.7 Å². The van der Waals surface area contributed by atoms with Crippen molar-refractivity contribution in [1.82, 2.24) is 10.2 Å². The number of thiol groups is 1. The molecular weight excluding hydrogens is 384 g/mol. The lowest BCUT2D eigenvalue weighted by Crippen LogP contribution is -2.46. The van der Waals surface area contributed by atoms with Gasteiger partial charge in [-0.15, -0.1) is 12.6 Å². The van der Waals surface area contributed by atoms with Crippen LogP contribution in [-0.4, -0.2) is 42.5 Å². The smallest absolute Gasteiger partial charge is 0.254 e. The van der Waals surface area contributed by atoms with Crippen LogP contribution in [0.5, 0.6) is 5.75 Å². The summed E-state index contributed by atoms with van der Waals surface area (Å²) in [6, 6.07) is 15.4. The minimum atomic E-state index is 0.00799. The van der Waals surface area contributed by atoms with E-state index in [0.29, 0.717) is 43.0 Å². The highest BCUT2D eigenvalue weighted by atomic mass is 32.1. The van der Waals surface area contributed by atoms with Gasteiger partial charge in [-0.05, 0) is 50.5 Å². The zero-order valence-electron chi connectivity index (χ0n) is 16.8. The molecule has 1 N–H and O–H groups in total. The molecule has 0 bridgehead atoms. The summed E-state index contributed by atoms with van der Waals surface area (Å²) in [6.07, 6.45) is 2.66. The summed E-state index contributed by atoms with van der Waals surface area (Å²) in [5.41, 5.74) is 1.83. The number of ether oxygens (including phenoxy) is 1. The van der Waals surface area contributed by atoms with Crippen LogP contribution >= 0.6 is 12.6 Å². The highest BCUT2D eigenvalue weighted by Crippen LogP contribution is 2.19. The van der Waals surface area contributed by atoms with E-state index in [9.17, 15) is 9.59 Å². The molecule has 1 saturated heterocycles. The van der Waals surface area contributed by atoms with Crippen LogP contribution in [-0.2, 0) is 4.79 Å². The molecule has 0 radical (unpaired) electrons. The van der Waals surface area contributed by atoms with Crippen molar-refractivity contribution in [3.05, 3.63) is 59.7 Å². The number of carbonyl (C=O) groups excluding carboxylic acids is 2. The maximum absolute atomic E-state index is 12.6. The second kappa shape index (κ2) is 10.3. The van der Waals surface area contributed by atoms with Gasteiger partial charge < -0.3 is 15.0 Å². The third-order valence-electron chi connectivity index (χ3n) is 5.12. The molecule has 0 saturated carbocycles. The number of piperidine rings is 1. The van der Waals surface area contributed by atoms with Gasteiger partial charge in [-0.2, -0.15) is 0 Å². The number of nitrogens with one attached hydrogen (secondary N) is 1. The van der Waals surface area contributed by atoms with Crippen molar-refractivity contribution < 1.29 is 14.3 Å². The van der Waals surface area contributed by atoms with E-state index in [-0.39, 0.29) is 17.9 Å². The molecule has 2 aromatic carbocycles. The summed E-state index contributed by atoms with van der Waals surface area (Å²) in [7, 11) is 0. The Bertz CT molecular complexity index is 830. The number of hydrogen-bond acceptors (Lipinski definition) is 4. The first kappa shape index (κ1) is 21.2. The molecule has 1 aliphatic heterocycles. The van der Waals surface area contributed by atoms with E-state index in [4.69, 9.17) is 4.74 Å². The third-order valence-corrected chi connectivity index (χ3v) is 5.51. The monoisotopic (exact) mass is 412 g/mol. The van der Waals surface area contributed by atoms with E-state index < -0.39 is 0 Å². The summed E-state index contributed by atoms with van der Waals surface area (Å²) >= 11 is 4.37. The second-order valence-corrected chi connectivity index (χ2v) is 7.90. The Balaban J connectivity index is 1.34. The van der Waals surface area contributed by atoms with Crippen LogP contribution in [0.25, 0.3) is 0 Å². The molecule has 0 unspecified atom stereocenters. The molecule has 154 valence electrons. The van der Waals surface area contributed by atoms with Crippen molar-refractivity contribution in [3.8, 4) is 5.75 Å². The first-order valence-corrected chi connectivity index (χ1v) is 10.5. The van der Waals surface area contributed by atoms with Crippen LogP contribution in [0.15, 0.2) is 53.4 Å². The Kier molecular flexibility index (Phi) is 7.58. The number of amides is 2. The summed E-state index contributed by atoms with van der Waals surface area (Å²) < 4.78 is 5.66. The molecule has 2 amide bonds. The Morgan fingerprint density at radius 1 is 1.10 bits per heavy atom. The first-order chi connectivity index (χ1) is 14.0. The van der Waals surface area contributed by atoms with Gasteiger partial charge in [0, 0.05) is 30.4 Å². The number of aryl methyl sites for hydroxylation is 1. The largest absolute Gasteiger partial charge is 0.494 e. The van der Waals surface area contributed by atoms with Crippen LogP contribution in [0.3, 0.4) is 0 Å². The van der Waals surface area contributed by atoms with Crippen LogP contribution in [0.4, 0.5) is 0 Å². The average Bonchev–Trinajstić information content (AvgIpc) is 2.73. The number of likely N-dealkylation sites (tertiary alicyclic amines) is 1.